The van der Waals surface area contributed by atoms with E-state index in [9.17, 15) is 9.90 Å². The Morgan fingerprint density at radius 2 is 2.11 bits per heavy atom. The number of para-hydroxylation sites is 1. The first kappa shape index (κ1) is 13.3. The Morgan fingerprint density at radius 3 is 2.74 bits per heavy atom. The number of aryl methyl sites for hydroxylation is 1. The van der Waals surface area contributed by atoms with Crippen molar-refractivity contribution in [3.05, 3.63) is 41.2 Å². The first-order valence-corrected chi connectivity index (χ1v) is 6.39. The Balaban J connectivity index is 2.51. The normalized spacial score (nSPS) is 10.6. The maximum atomic E-state index is 11.2. The Morgan fingerprint density at radius 1 is 1.37 bits per heavy atom. The molecule has 1 aromatic heterocycles. The number of hydrogen-bond acceptors (Lipinski definition) is 3. The third-order valence-electron chi connectivity index (χ3n) is 3.08. The Labute approximate surface area is 111 Å². The van der Waals surface area contributed by atoms with E-state index in [2.05, 4.69) is 17.2 Å². The maximum absolute atomic E-state index is 11.2. The van der Waals surface area contributed by atoms with Gasteiger partial charge in [-0.2, -0.15) is 0 Å². The van der Waals surface area contributed by atoms with Gasteiger partial charge in [-0.15, -0.1) is 5.10 Å². The zero-order valence-corrected chi connectivity index (χ0v) is 11.1. The molecule has 0 saturated heterocycles. The SMILES string of the molecule is CCCCc1c(C(=O)O)nnn1-c1ccccc1C. The van der Waals surface area contributed by atoms with Gasteiger partial charge in [0.15, 0.2) is 5.69 Å². The van der Waals surface area contributed by atoms with Gasteiger partial charge in [-0.05, 0) is 31.4 Å². The first-order chi connectivity index (χ1) is 9.15. The average Bonchev–Trinajstić information content (AvgIpc) is 2.80. The minimum Gasteiger partial charge on any atom is -0.476 e. The van der Waals surface area contributed by atoms with Crippen LogP contribution in [-0.2, 0) is 6.42 Å². The summed E-state index contributed by atoms with van der Waals surface area (Å²) in [5.41, 5.74) is 2.65. The number of aromatic carboxylic acids is 1. The van der Waals surface area contributed by atoms with E-state index in [1.165, 1.54) is 0 Å². The van der Waals surface area contributed by atoms with Gasteiger partial charge in [-0.1, -0.05) is 36.8 Å². The largest absolute Gasteiger partial charge is 0.476 e. The molecule has 0 bridgehead atoms. The van der Waals surface area contributed by atoms with Gasteiger partial charge in [0, 0.05) is 0 Å². The molecule has 1 aromatic carbocycles. The van der Waals surface area contributed by atoms with E-state index >= 15 is 0 Å². The summed E-state index contributed by atoms with van der Waals surface area (Å²) in [6.45, 7) is 4.05. The topological polar surface area (TPSA) is 68.0 Å². The molecule has 0 atom stereocenters. The molecule has 0 fully saturated rings. The van der Waals surface area contributed by atoms with Crippen molar-refractivity contribution in [3.63, 3.8) is 0 Å². The maximum Gasteiger partial charge on any atom is 0.358 e. The highest BCUT2D eigenvalue weighted by atomic mass is 16.4. The molecule has 1 heterocycles. The number of rotatable bonds is 5. The molecule has 100 valence electrons. The van der Waals surface area contributed by atoms with Gasteiger partial charge in [0.1, 0.15) is 0 Å². The van der Waals surface area contributed by atoms with E-state index in [0.717, 1.165) is 24.1 Å². The number of carboxylic acids is 1. The van der Waals surface area contributed by atoms with Crippen molar-refractivity contribution in [2.24, 2.45) is 0 Å². The predicted octanol–water partition coefficient (Wildman–Crippen LogP) is 2.62. The van der Waals surface area contributed by atoms with Gasteiger partial charge in [0.05, 0.1) is 11.4 Å². The van der Waals surface area contributed by atoms with Crippen LogP contribution in [0.1, 0.15) is 41.5 Å². The lowest BCUT2D eigenvalue weighted by atomic mass is 10.1. The molecule has 0 saturated carbocycles. The van der Waals surface area contributed by atoms with Gasteiger partial charge in [-0.25, -0.2) is 9.48 Å². The Kier molecular flexibility index (Phi) is 3.94. The summed E-state index contributed by atoms with van der Waals surface area (Å²) < 4.78 is 1.65. The fourth-order valence-electron chi connectivity index (χ4n) is 2.03. The second-order valence-electron chi connectivity index (χ2n) is 4.49. The van der Waals surface area contributed by atoms with Crippen LogP contribution in [0.25, 0.3) is 5.69 Å². The van der Waals surface area contributed by atoms with E-state index < -0.39 is 5.97 Å². The molecule has 0 amide bonds. The summed E-state index contributed by atoms with van der Waals surface area (Å²) in [6.07, 6.45) is 2.58. The van der Waals surface area contributed by atoms with Crippen molar-refractivity contribution in [1.82, 2.24) is 15.0 Å². The minimum absolute atomic E-state index is 0.0525. The van der Waals surface area contributed by atoms with Gasteiger partial charge < -0.3 is 5.11 Å². The molecule has 2 rings (SSSR count). The zero-order valence-electron chi connectivity index (χ0n) is 11.1. The molecule has 1 N–H and O–H groups in total. The number of nitrogens with zero attached hydrogens (tertiary/aromatic N) is 3. The summed E-state index contributed by atoms with van der Waals surface area (Å²) in [5.74, 6) is -1.02. The third kappa shape index (κ3) is 2.65. The summed E-state index contributed by atoms with van der Waals surface area (Å²) in [7, 11) is 0. The van der Waals surface area contributed by atoms with Crippen LogP contribution in [0, 0.1) is 6.92 Å². The van der Waals surface area contributed by atoms with Gasteiger partial charge in [-0.3, -0.25) is 0 Å². The van der Waals surface area contributed by atoms with Crippen molar-refractivity contribution >= 4 is 5.97 Å². The predicted molar refractivity (Wildman–Crippen MR) is 71.7 cm³/mol. The van der Waals surface area contributed by atoms with Crippen LogP contribution in [0.15, 0.2) is 24.3 Å². The summed E-state index contributed by atoms with van der Waals surface area (Å²) in [6, 6.07) is 7.75. The van der Waals surface area contributed by atoms with Crippen molar-refractivity contribution in [3.8, 4) is 5.69 Å². The smallest absolute Gasteiger partial charge is 0.358 e. The van der Waals surface area contributed by atoms with Gasteiger partial charge in [0.2, 0.25) is 0 Å². The molecule has 19 heavy (non-hydrogen) atoms. The number of hydrogen-bond donors (Lipinski definition) is 1. The van der Waals surface area contributed by atoms with Crippen LogP contribution in [0.3, 0.4) is 0 Å². The van der Waals surface area contributed by atoms with E-state index in [1.807, 2.05) is 31.2 Å². The standard InChI is InChI=1S/C14H17N3O2/c1-3-4-8-12-13(14(18)19)15-16-17(12)11-9-6-5-7-10(11)2/h5-7,9H,3-4,8H2,1-2H3,(H,18,19). The zero-order chi connectivity index (χ0) is 13.8. The molecule has 0 aliphatic rings. The molecule has 0 unspecified atom stereocenters. The second kappa shape index (κ2) is 5.65. The fraction of sp³-hybridized carbons (Fsp3) is 0.357. The molecular weight excluding hydrogens is 242 g/mol. The molecule has 0 spiro atoms. The monoisotopic (exact) mass is 259 g/mol. The highest BCUT2D eigenvalue weighted by molar-refractivity contribution is 5.86. The Hall–Kier alpha value is -2.17. The van der Waals surface area contributed by atoms with Crippen LogP contribution >= 0.6 is 0 Å². The molecule has 2 aromatic rings. The molecule has 0 radical (unpaired) electrons. The second-order valence-corrected chi connectivity index (χ2v) is 4.49. The molecule has 0 aliphatic heterocycles. The quantitative estimate of drug-likeness (QED) is 0.896. The minimum atomic E-state index is -1.02. The summed E-state index contributed by atoms with van der Waals surface area (Å²) >= 11 is 0. The van der Waals surface area contributed by atoms with E-state index in [0.29, 0.717) is 12.1 Å². The number of carbonyl (C=O) groups is 1. The van der Waals surface area contributed by atoms with Crippen molar-refractivity contribution < 1.29 is 9.90 Å². The van der Waals surface area contributed by atoms with Crippen molar-refractivity contribution in [1.29, 1.82) is 0 Å². The summed E-state index contributed by atoms with van der Waals surface area (Å²) in [4.78, 5) is 11.2. The third-order valence-corrected chi connectivity index (χ3v) is 3.08. The molecular formula is C14H17N3O2. The van der Waals surface area contributed by atoms with Crippen molar-refractivity contribution in [2.45, 2.75) is 33.1 Å². The van der Waals surface area contributed by atoms with E-state index in [-0.39, 0.29) is 5.69 Å². The van der Waals surface area contributed by atoms with Gasteiger partial charge in [0.25, 0.3) is 0 Å². The number of aromatic nitrogens is 3. The lowest BCUT2D eigenvalue weighted by molar-refractivity contribution is 0.0689. The van der Waals surface area contributed by atoms with Crippen LogP contribution in [0.2, 0.25) is 0 Å². The fourth-order valence-corrected chi connectivity index (χ4v) is 2.03. The lowest BCUT2D eigenvalue weighted by Crippen LogP contribution is -2.08. The van der Waals surface area contributed by atoms with Crippen LogP contribution in [0.4, 0.5) is 0 Å². The molecule has 0 aliphatic carbocycles. The summed E-state index contributed by atoms with van der Waals surface area (Å²) in [5, 5.41) is 17.0. The molecule has 5 nitrogen and oxygen atoms in total. The highest BCUT2D eigenvalue weighted by Gasteiger charge is 2.19. The van der Waals surface area contributed by atoms with Crippen molar-refractivity contribution in [2.75, 3.05) is 0 Å². The Bertz CT molecular complexity index is 590. The van der Waals surface area contributed by atoms with Crippen LogP contribution in [-0.4, -0.2) is 26.1 Å². The molecule has 5 heteroatoms. The lowest BCUT2D eigenvalue weighted by Gasteiger charge is -2.09. The van der Waals surface area contributed by atoms with Gasteiger partial charge >= 0.3 is 5.97 Å². The number of unbranched alkanes of at least 4 members (excludes halogenated alkanes) is 1. The van der Waals surface area contributed by atoms with Crippen LogP contribution in [0.5, 0.6) is 0 Å². The average molecular weight is 259 g/mol. The van der Waals surface area contributed by atoms with Crippen LogP contribution < -0.4 is 0 Å². The van der Waals surface area contributed by atoms with E-state index in [4.69, 9.17) is 0 Å². The number of carboxylic acid groups (broad SMARTS) is 1. The highest BCUT2D eigenvalue weighted by Crippen LogP contribution is 2.18. The van der Waals surface area contributed by atoms with E-state index in [1.54, 1.807) is 4.68 Å². The first-order valence-electron chi connectivity index (χ1n) is 6.39. The number of benzene rings is 1.